The largest absolute Gasteiger partial charge is 0.510 e. The van der Waals surface area contributed by atoms with Crippen LogP contribution in [0.15, 0.2) is 0 Å². The highest BCUT2D eigenvalue weighted by Gasteiger charge is 2.17. The van der Waals surface area contributed by atoms with E-state index in [9.17, 15) is 9.18 Å². The number of carbonyl (C=O) groups is 1. The molecule has 0 radical (unpaired) electrons. The van der Waals surface area contributed by atoms with Gasteiger partial charge in [0.1, 0.15) is 0 Å². The van der Waals surface area contributed by atoms with Gasteiger partial charge < -0.3 is 9.47 Å². The van der Waals surface area contributed by atoms with Gasteiger partial charge in [-0.25, -0.2) is 9.18 Å². The van der Waals surface area contributed by atoms with Gasteiger partial charge in [-0.1, -0.05) is 0 Å². The Morgan fingerprint density at radius 3 is 3.22 bits per heavy atom. The van der Waals surface area contributed by atoms with Crippen molar-refractivity contribution in [1.82, 2.24) is 0 Å². The van der Waals surface area contributed by atoms with Gasteiger partial charge in [0.2, 0.25) is 6.36 Å². The molecule has 1 rings (SSSR count). The second kappa shape index (κ2) is 2.66. The third-order valence-corrected chi connectivity index (χ3v) is 1.02. The summed E-state index contributed by atoms with van der Waals surface area (Å²) in [5.41, 5.74) is 0. The average Bonchev–Trinajstić information content (AvgIpc) is 1.93. The molecule has 0 spiro atoms. The van der Waals surface area contributed by atoms with E-state index < -0.39 is 12.5 Å². The van der Waals surface area contributed by atoms with Gasteiger partial charge in [-0.05, 0) is 6.42 Å². The van der Waals surface area contributed by atoms with Crippen LogP contribution in [-0.2, 0) is 9.47 Å². The molecule has 9 heavy (non-hydrogen) atoms. The summed E-state index contributed by atoms with van der Waals surface area (Å²) in [6, 6.07) is 0. The van der Waals surface area contributed by atoms with Gasteiger partial charge in [0.25, 0.3) is 0 Å². The predicted octanol–water partition coefficient (Wildman–Crippen LogP) is 1.23. The second-order valence-electron chi connectivity index (χ2n) is 1.77. The molecule has 0 N–H and O–H groups in total. The van der Waals surface area contributed by atoms with E-state index in [-0.39, 0.29) is 13.0 Å². The highest BCUT2D eigenvalue weighted by atomic mass is 19.1. The molecule has 4 heteroatoms. The Morgan fingerprint density at radius 2 is 2.44 bits per heavy atom. The maximum Gasteiger partial charge on any atom is 0.510 e. The zero-order valence-corrected chi connectivity index (χ0v) is 4.80. The number of rotatable bonds is 0. The molecule has 1 atom stereocenters. The van der Waals surface area contributed by atoms with Crippen molar-refractivity contribution in [2.75, 3.05) is 6.61 Å². The number of hydrogen-bond donors (Lipinski definition) is 0. The summed E-state index contributed by atoms with van der Waals surface area (Å²) in [5, 5.41) is 0. The Labute approximate surface area is 51.7 Å². The maximum absolute atomic E-state index is 12.2. The average molecular weight is 134 g/mol. The van der Waals surface area contributed by atoms with Crippen LogP contribution in [0.5, 0.6) is 0 Å². The Bertz CT molecular complexity index is 115. The van der Waals surface area contributed by atoms with Crippen LogP contribution in [0, 0.1) is 0 Å². The smallest absolute Gasteiger partial charge is 0.434 e. The van der Waals surface area contributed by atoms with Gasteiger partial charge in [0.05, 0.1) is 6.61 Å². The van der Waals surface area contributed by atoms with Crippen molar-refractivity contribution < 1.29 is 18.7 Å². The third-order valence-electron chi connectivity index (χ3n) is 1.02. The van der Waals surface area contributed by atoms with Crippen LogP contribution in [-0.4, -0.2) is 19.1 Å². The zero-order chi connectivity index (χ0) is 6.69. The summed E-state index contributed by atoms with van der Waals surface area (Å²) >= 11 is 0. The van der Waals surface area contributed by atoms with E-state index in [1.54, 1.807) is 0 Å². The first-order chi connectivity index (χ1) is 4.29. The van der Waals surface area contributed by atoms with E-state index in [1.807, 2.05) is 0 Å². The molecule has 0 aromatic rings. The van der Waals surface area contributed by atoms with Crippen LogP contribution in [0.25, 0.3) is 0 Å². The van der Waals surface area contributed by atoms with Crippen LogP contribution in [0.4, 0.5) is 9.18 Å². The molecule has 0 saturated carbocycles. The van der Waals surface area contributed by atoms with Gasteiger partial charge in [-0.2, -0.15) is 0 Å². The molecule has 1 fully saturated rings. The fourth-order valence-corrected chi connectivity index (χ4v) is 0.597. The van der Waals surface area contributed by atoms with Crippen LogP contribution >= 0.6 is 0 Å². The molecule has 0 amide bonds. The first-order valence-corrected chi connectivity index (χ1v) is 2.76. The molecule has 1 aliphatic rings. The van der Waals surface area contributed by atoms with Crippen molar-refractivity contribution in [3.63, 3.8) is 0 Å². The van der Waals surface area contributed by atoms with E-state index in [1.165, 1.54) is 0 Å². The number of halogens is 1. The summed E-state index contributed by atoms with van der Waals surface area (Å²) in [6.07, 6.45) is -1.60. The number of alkyl halides is 1. The number of ether oxygens (including phenoxy) is 2. The van der Waals surface area contributed by atoms with Crippen LogP contribution in [0.3, 0.4) is 0 Å². The third kappa shape index (κ3) is 1.87. The molecule has 1 unspecified atom stereocenters. The van der Waals surface area contributed by atoms with Crippen molar-refractivity contribution in [3.05, 3.63) is 0 Å². The maximum atomic E-state index is 12.2. The number of hydrogen-bond acceptors (Lipinski definition) is 3. The minimum Gasteiger partial charge on any atom is -0.434 e. The van der Waals surface area contributed by atoms with Crippen molar-refractivity contribution >= 4 is 6.16 Å². The van der Waals surface area contributed by atoms with E-state index in [0.29, 0.717) is 6.42 Å². The topological polar surface area (TPSA) is 35.5 Å². The monoisotopic (exact) mass is 134 g/mol. The molecule has 1 heterocycles. The van der Waals surface area contributed by atoms with Crippen LogP contribution < -0.4 is 0 Å². The molecule has 3 nitrogen and oxygen atoms in total. The highest BCUT2D eigenvalue weighted by molar-refractivity contribution is 5.60. The summed E-state index contributed by atoms with van der Waals surface area (Å²) in [4.78, 5) is 10.2. The van der Waals surface area contributed by atoms with E-state index in [0.717, 1.165) is 0 Å². The van der Waals surface area contributed by atoms with E-state index in [4.69, 9.17) is 0 Å². The van der Waals surface area contributed by atoms with Crippen molar-refractivity contribution in [1.29, 1.82) is 0 Å². The lowest BCUT2D eigenvalue weighted by atomic mass is 10.3. The lowest BCUT2D eigenvalue weighted by Gasteiger charge is -2.00. The normalized spacial score (nSPS) is 28.1. The molecule has 0 aromatic carbocycles. The van der Waals surface area contributed by atoms with Gasteiger partial charge in [-0.15, -0.1) is 0 Å². The van der Waals surface area contributed by atoms with Crippen LogP contribution in [0.2, 0.25) is 0 Å². The minimum absolute atomic E-state index is 0.242. The summed E-state index contributed by atoms with van der Waals surface area (Å²) in [5.74, 6) is 0. The Balaban J connectivity index is 2.37. The summed E-state index contributed by atoms with van der Waals surface area (Å²) < 4.78 is 20.6. The summed E-state index contributed by atoms with van der Waals surface area (Å²) in [7, 11) is 0. The van der Waals surface area contributed by atoms with E-state index >= 15 is 0 Å². The molecule has 0 bridgehead atoms. The lowest BCUT2D eigenvalue weighted by Crippen LogP contribution is -2.09. The Morgan fingerprint density at radius 1 is 1.67 bits per heavy atom. The van der Waals surface area contributed by atoms with Crippen LogP contribution in [0.1, 0.15) is 12.8 Å². The predicted molar refractivity (Wildman–Crippen MR) is 26.6 cm³/mol. The fraction of sp³-hybridized carbons (Fsp3) is 0.800. The quantitative estimate of drug-likeness (QED) is 0.467. The van der Waals surface area contributed by atoms with Crippen molar-refractivity contribution in [2.45, 2.75) is 19.2 Å². The molecular weight excluding hydrogens is 127 g/mol. The van der Waals surface area contributed by atoms with Crippen molar-refractivity contribution in [2.24, 2.45) is 0 Å². The molecule has 0 aliphatic carbocycles. The lowest BCUT2D eigenvalue weighted by molar-refractivity contribution is -0.0135. The number of carbonyl (C=O) groups excluding carboxylic acids is 1. The first kappa shape index (κ1) is 6.32. The van der Waals surface area contributed by atoms with Gasteiger partial charge in [-0.3, -0.25) is 0 Å². The summed E-state index contributed by atoms with van der Waals surface area (Å²) in [6.45, 7) is 0.263. The molecular formula is C5H7FO3. The van der Waals surface area contributed by atoms with E-state index in [2.05, 4.69) is 9.47 Å². The second-order valence-corrected chi connectivity index (χ2v) is 1.77. The molecule has 52 valence electrons. The number of cyclic esters (lactones) is 2. The van der Waals surface area contributed by atoms with Gasteiger partial charge >= 0.3 is 6.16 Å². The minimum atomic E-state index is -1.47. The molecule has 1 aliphatic heterocycles. The fourth-order valence-electron chi connectivity index (χ4n) is 0.597. The molecule has 0 aromatic heterocycles. The van der Waals surface area contributed by atoms with Gasteiger partial charge in [0, 0.05) is 6.42 Å². The molecule has 1 saturated heterocycles. The zero-order valence-electron chi connectivity index (χ0n) is 4.80. The Kier molecular flexibility index (Phi) is 1.87. The SMILES string of the molecule is O=C1OCCCC(F)O1. The first-order valence-electron chi connectivity index (χ1n) is 2.76. The Hall–Kier alpha value is -0.800. The highest BCUT2D eigenvalue weighted by Crippen LogP contribution is 2.09. The van der Waals surface area contributed by atoms with Gasteiger partial charge in [0.15, 0.2) is 0 Å². The standard InChI is InChI=1S/C5H7FO3/c6-4-2-1-3-8-5(7)9-4/h4H,1-3H2. The van der Waals surface area contributed by atoms with Crippen molar-refractivity contribution in [3.8, 4) is 0 Å².